The molecule has 0 unspecified atom stereocenters. The third kappa shape index (κ3) is 5.33. The van der Waals surface area contributed by atoms with Gasteiger partial charge in [0.1, 0.15) is 5.75 Å². The Morgan fingerprint density at radius 1 is 1.10 bits per heavy atom. The van der Waals surface area contributed by atoms with Crippen LogP contribution in [0.25, 0.3) is 0 Å². The maximum Gasteiger partial charge on any atom is 0.243 e. The molecule has 2 aromatic rings. The van der Waals surface area contributed by atoms with Crippen molar-refractivity contribution >= 4 is 43.2 Å². The molecule has 1 aliphatic rings. The van der Waals surface area contributed by atoms with Gasteiger partial charge in [0.05, 0.1) is 24.2 Å². The van der Waals surface area contributed by atoms with Crippen LogP contribution in [0.4, 0.5) is 11.4 Å². The van der Waals surface area contributed by atoms with Gasteiger partial charge in [-0.3, -0.25) is 4.79 Å². The second-order valence-electron chi connectivity index (χ2n) is 7.21. The first-order chi connectivity index (χ1) is 14.3. The summed E-state index contributed by atoms with van der Waals surface area (Å²) in [5.41, 5.74) is 2.22. The molecule has 162 valence electrons. The zero-order chi connectivity index (χ0) is 21.7. The van der Waals surface area contributed by atoms with Crippen LogP contribution in [0.5, 0.6) is 5.75 Å². The van der Waals surface area contributed by atoms with E-state index in [9.17, 15) is 13.2 Å². The van der Waals surface area contributed by atoms with Crippen LogP contribution in [0.15, 0.2) is 45.8 Å². The third-order valence-corrected chi connectivity index (χ3v) is 7.51. The Bertz CT molecular complexity index is 1020. The van der Waals surface area contributed by atoms with Crippen LogP contribution in [0.1, 0.15) is 24.8 Å². The summed E-state index contributed by atoms with van der Waals surface area (Å²) in [6.45, 7) is 3.04. The SMILES string of the molecule is COc1ccc(S(=O)(=O)N2CCCCC2)cc1NC(=O)CNc1ccc(C)cc1Br. The second kappa shape index (κ2) is 9.80. The van der Waals surface area contributed by atoms with Gasteiger partial charge in [-0.2, -0.15) is 4.31 Å². The van der Waals surface area contributed by atoms with Crippen molar-refractivity contribution in [1.29, 1.82) is 0 Å². The summed E-state index contributed by atoms with van der Waals surface area (Å²) in [6, 6.07) is 10.3. The number of nitrogens with zero attached hydrogens (tertiary/aromatic N) is 1. The Morgan fingerprint density at radius 2 is 1.83 bits per heavy atom. The Morgan fingerprint density at radius 3 is 2.50 bits per heavy atom. The van der Waals surface area contributed by atoms with Crippen molar-refractivity contribution in [2.75, 3.05) is 37.4 Å². The molecule has 2 N–H and O–H groups in total. The summed E-state index contributed by atoms with van der Waals surface area (Å²) in [6.07, 6.45) is 2.76. The van der Waals surface area contributed by atoms with Crippen molar-refractivity contribution in [2.24, 2.45) is 0 Å². The molecule has 0 atom stereocenters. The molecule has 30 heavy (non-hydrogen) atoms. The number of halogens is 1. The number of benzene rings is 2. The van der Waals surface area contributed by atoms with Gasteiger partial charge in [-0.1, -0.05) is 12.5 Å². The van der Waals surface area contributed by atoms with Gasteiger partial charge in [0, 0.05) is 23.2 Å². The standard InChI is InChI=1S/C21H26BrN3O4S/c1-15-6-8-18(17(22)12-15)23-14-21(26)24-19-13-16(7-9-20(19)29-2)30(27,28)25-10-4-3-5-11-25/h6-9,12-13,23H,3-5,10-11,14H2,1-2H3,(H,24,26). The lowest BCUT2D eigenvalue weighted by atomic mass is 10.2. The minimum atomic E-state index is -3.61. The molecule has 3 rings (SSSR count). The van der Waals surface area contributed by atoms with E-state index in [2.05, 4.69) is 26.6 Å². The number of carbonyl (C=O) groups excluding carboxylic acids is 1. The molecule has 0 bridgehead atoms. The number of amides is 1. The lowest BCUT2D eigenvalue weighted by Gasteiger charge is -2.26. The first kappa shape index (κ1) is 22.6. The van der Waals surface area contributed by atoms with E-state index in [0.29, 0.717) is 24.5 Å². The van der Waals surface area contributed by atoms with Gasteiger partial charge < -0.3 is 15.4 Å². The number of sulfonamides is 1. The van der Waals surface area contributed by atoms with E-state index in [-0.39, 0.29) is 17.3 Å². The molecule has 0 spiro atoms. The molecule has 9 heteroatoms. The number of aryl methyl sites for hydroxylation is 1. The highest BCUT2D eigenvalue weighted by atomic mass is 79.9. The van der Waals surface area contributed by atoms with Crippen LogP contribution in [0.3, 0.4) is 0 Å². The number of rotatable bonds is 7. The van der Waals surface area contributed by atoms with Crippen LogP contribution >= 0.6 is 15.9 Å². The monoisotopic (exact) mass is 495 g/mol. The molecule has 1 aliphatic heterocycles. The van der Waals surface area contributed by atoms with Crippen LogP contribution in [0.2, 0.25) is 0 Å². The van der Waals surface area contributed by atoms with Gasteiger partial charge in [0.15, 0.2) is 0 Å². The quantitative estimate of drug-likeness (QED) is 0.606. The highest BCUT2D eigenvalue weighted by Gasteiger charge is 2.27. The Kier molecular flexibility index (Phi) is 7.38. The summed E-state index contributed by atoms with van der Waals surface area (Å²) in [5, 5.41) is 5.82. The number of anilines is 2. The van der Waals surface area contributed by atoms with Gasteiger partial charge in [-0.05, 0) is 71.6 Å². The molecule has 0 saturated carbocycles. The number of hydrogen-bond acceptors (Lipinski definition) is 5. The fraction of sp³-hybridized carbons (Fsp3) is 0.381. The van der Waals surface area contributed by atoms with E-state index < -0.39 is 10.0 Å². The third-order valence-electron chi connectivity index (χ3n) is 4.96. The van der Waals surface area contributed by atoms with Crippen molar-refractivity contribution < 1.29 is 17.9 Å². The van der Waals surface area contributed by atoms with Crippen molar-refractivity contribution in [1.82, 2.24) is 4.31 Å². The van der Waals surface area contributed by atoms with Crippen LogP contribution in [-0.2, 0) is 14.8 Å². The highest BCUT2D eigenvalue weighted by Crippen LogP contribution is 2.30. The van der Waals surface area contributed by atoms with Crippen LogP contribution in [0, 0.1) is 6.92 Å². The molecule has 2 aromatic carbocycles. The average molecular weight is 496 g/mol. The van der Waals surface area contributed by atoms with Gasteiger partial charge in [0.25, 0.3) is 0 Å². The van der Waals surface area contributed by atoms with Crippen LogP contribution in [-0.4, -0.2) is 45.4 Å². The zero-order valence-electron chi connectivity index (χ0n) is 17.1. The lowest BCUT2D eigenvalue weighted by Crippen LogP contribution is -2.35. The summed E-state index contributed by atoms with van der Waals surface area (Å²) in [4.78, 5) is 12.6. The molecule has 1 heterocycles. The van der Waals surface area contributed by atoms with Gasteiger partial charge in [-0.15, -0.1) is 0 Å². The molecule has 1 amide bonds. The summed E-state index contributed by atoms with van der Waals surface area (Å²) in [5.74, 6) is 0.0887. The summed E-state index contributed by atoms with van der Waals surface area (Å²) >= 11 is 3.47. The topological polar surface area (TPSA) is 87.7 Å². The van der Waals surface area contributed by atoms with Crippen molar-refractivity contribution in [3.05, 3.63) is 46.4 Å². The second-order valence-corrected chi connectivity index (χ2v) is 10.0. The van der Waals surface area contributed by atoms with E-state index in [0.717, 1.165) is 35.0 Å². The summed E-state index contributed by atoms with van der Waals surface area (Å²) < 4.78 is 33.6. The number of carbonyl (C=O) groups is 1. The van der Waals surface area contributed by atoms with Gasteiger partial charge in [0.2, 0.25) is 15.9 Å². The number of piperidine rings is 1. The van der Waals surface area contributed by atoms with Crippen molar-refractivity contribution in [3.8, 4) is 5.75 Å². The highest BCUT2D eigenvalue weighted by molar-refractivity contribution is 9.10. The molecule has 1 saturated heterocycles. The molecule has 0 aromatic heterocycles. The molecular formula is C21H26BrN3O4S. The molecule has 0 aliphatic carbocycles. The minimum absolute atomic E-state index is 0.0217. The Hall–Kier alpha value is -2.10. The van der Waals surface area contributed by atoms with E-state index in [1.807, 2.05) is 25.1 Å². The molecule has 7 nitrogen and oxygen atoms in total. The number of hydrogen-bond donors (Lipinski definition) is 2. The zero-order valence-corrected chi connectivity index (χ0v) is 19.5. The fourth-order valence-electron chi connectivity index (χ4n) is 3.33. The average Bonchev–Trinajstić information content (AvgIpc) is 2.73. The number of ether oxygens (including phenoxy) is 1. The lowest BCUT2D eigenvalue weighted by molar-refractivity contribution is -0.114. The maximum absolute atomic E-state index is 13.0. The maximum atomic E-state index is 13.0. The first-order valence-electron chi connectivity index (χ1n) is 9.79. The normalized spacial score (nSPS) is 14.9. The predicted molar refractivity (Wildman–Crippen MR) is 122 cm³/mol. The molecule has 1 fully saturated rings. The molecular weight excluding hydrogens is 470 g/mol. The predicted octanol–water partition coefficient (Wildman–Crippen LogP) is 3.99. The molecule has 0 radical (unpaired) electrons. The van der Waals surface area contributed by atoms with Crippen molar-refractivity contribution in [2.45, 2.75) is 31.1 Å². The van der Waals surface area contributed by atoms with E-state index in [1.54, 1.807) is 6.07 Å². The van der Waals surface area contributed by atoms with E-state index in [4.69, 9.17) is 4.74 Å². The van der Waals surface area contributed by atoms with E-state index in [1.165, 1.54) is 23.5 Å². The van der Waals surface area contributed by atoms with Gasteiger partial charge >= 0.3 is 0 Å². The van der Waals surface area contributed by atoms with E-state index >= 15 is 0 Å². The smallest absolute Gasteiger partial charge is 0.243 e. The fourth-order valence-corrected chi connectivity index (χ4v) is 5.51. The first-order valence-corrected chi connectivity index (χ1v) is 12.0. The Labute approximate surface area is 186 Å². The number of methoxy groups -OCH3 is 1. The van der Waals surface area contributed by atoms with Gasteiger partial charge in [-0.25, -0.2) is 8.42 Å². The van der Waals surface area contributed by atoms with Crippen molar-refractivity contribution in [3.63, 3.8) is 0 Å². The summed E-state index contributed by atoms with van der Waals surface area (Å²) in [7, 11) is -2.13. The largest absolute Gasteiger partial charge is 0.495 e. The van der Waals surface area contributed by atoms with Crippen LogP contribution < -0.4 is 15.4 Å². The Balaban J connectivity index is 1.74. The minimum Gasteiger partial charge on any atom is -0.495 e. The number of nitrogens with one attached hydrogen (secondary N) is 2.